The molecule has 0 fully saturated rings. The lowest BCUT2D eigenvalue weighted by Crippen LogP contribution is -2.47. The van der Waals surface area contributed by atoms with Gasteiger partial charge in [-0.2, -0.15) is 0 Å². The van der Waals surface area contributed by atoms with Crippen LogP contribution in [0.15, 0.2) is 0 Å². The van der Waals surface area contributed by atoms with E-state index in [0.717, 1.165) is 0 Å². The number of hydrogen-bond donors (Lipinski definition) is 3. The van der Waals surface area contributed by atoms with Crippen LogP contribution in [0, 0.1) is 0 Å². The highest BCUT2D eigenvalue weighted by Crippen LogP contribution is 1.99. The predicted octanol–water partition coefficient (Wildman–Crippen LogP) is -0.661. The SMILES string of the molecule is CC(=O)NNC(=O)CN(CCC(=O)O)C(C)C. The van der Waals surface area contributed by atoms with Crippen LogP contribution >= 0.6 is 0 Å². The Kier molecular flexibility index (Phi) is 6.88. The van der Waals surface area contributed by atoms with Crippen LogP contribution in [0.2, 0.25) is 0 Å². The molecule has 0 unspecified atom stereocenters. The van der Waals surface area contributed by atoms with Crippen molar-refractivity contribution in [2.24, 2.45) is 0 Å². The lowest BCUT2D eigenvalue weighted by atomic mass is 10.3. The molecular weight excluding hydrogens is 226 g/mol. The monoisotopic (exact) mass is 245 g/mol. The van der Waals surface area contributed by atoms with E-state index in [-0.39, 0.29) is 30.8 Å². The Morgan fingerprint density at radius 3 is 2.24 bits per heavy atom. The summed E-state index contributed by atoms with van der Waals surface area (Å²) >= 11 is 0. The van der Waals surface area contributed by atoms with E-state index in [4.69, 9.17) is 5.11 Å². The van der Waals surface area contributed by atoms with E-state index in [1.165, 1.54) is 6.92 Å². The number of carbonyl (C=O) groups is 3. The Morgan fingerprint density at radius 1 is 1.24 bits per heavy atom. The first kappa shape index (κ1) is 15.4. The van der Waals surface area contributed by atoms with Crippen molar-refractivity contribution in [3.05, 3.63) is 0 Å². The van der Waals surface area contributed by atoms with Crippen molar-refractivity contribution in [2.75, 3.05) is 13.1 Å². The molecule has 98 valence electrons. The van der Waals surface area contributed by atoms with Gasteiger partial charge in [0.15, 0.2) is 0 Å². The molecule has 0 aliphatic rings. The number of rotatable bonds is 6. The number of nitrogens with one attached hydrogen (secondary N) is 2. The summed E-state index contributed by atoms with van der Waals surface area (Å²) in [4.78, 5) is 34.1. The van der Waals surface area contributed by atoms with Crippen LogP contribution in [-0.4, -0.2) is 46.9 Å². The summed E-state index contributed by atoms with van der Waals surface area (Å²) in [6.45, 7) is 5.36. The third-order valence-corrected chi connectivity index (χ3v) is 2.07. The maximum atomic E-state index is 11.4. The Morgan fingerprint density at radius 2 is 1.82 bits per heavy atom. The molecule has 0 rings (SSSR count). The van der Waals surface area contributed by atoms with Gasteiger partial charge in [-0.15, -0.1) is 0 Å². The predicted molar refractivity (Wildman–Crippen MR) is 60.9 cm³/mol. The molecule has 0 atom stereocenters. The minimum Gasteiger partial charge on any atom is -0.481 e. The zero-order valence-corrected chi connectivity index (χ0v) is 10.3. The molecule has 0 aliphatic carbocycles. The molecule has 0 radical (unpaired) electrons. The quantitative estimate of drug-likeness (QED) is 0.539. The molecule has 17 heavy (non-hydrogen) atoms. The molecule has 0 saturated heterocycles. The number of carbonyl (C=O) groups excluding carboxylic acids is 2. The van der Waals surface area contributed by atoms with E-state index >= 15 is 0 Å². The Bertz CT molecular complexity index is 291. The number of hydrogen-bond acceptors (Lipinski definition) is 4. The van der Waals surface area contributed by atoms with Gasteiger partial charge in [-0.3, -0.25) is 30.1 Å². The van der Waals surface area contributed by atoms with Crippen molar-refractivity contribution in [3.63, 3.8) is 0 Å². The number of carboxylic acid groups (broad SMARTS) is 1. The van der Waals surface area contributed by atoms with Crippen LogP contribution in [0.5, 0.6) is 0 Å². The topological polar surface area (TPSA) is 98.7 Å². The van der Waals surface area contributed by atoms with Crippen molar-refractivity contribution < 1.29 is 19.5 Å². The zero-order chi connectivity index (χ0) is 13.4. The lowest BCUT2D eigenvalue weighted by molar-refractivity contribution is -0.138. The van der Waals surface area contributed by atoms with E-state index < -0.39 is 5.97 Å². The second-order valence-corrected chi connectivity index (χ2v) is 3.94. The van der Waals surface area contributed by atoms with Gasteiger partial charge in [0.1, 0.15) is 0 Å². The fourth-order valence-electron chi connectivity index (χ4n) is 1.14. The maximum absolute atomic E-state index is 11.4. The number of nitrogens with zero attached hydrogens (tertiary/aromatic N) is 1. The molecule has 0 aromatic carbocycles. The van der Waals surface area contributed by atoms with Crippen molar-refractivity contribution in [1.82, 2.24) is 15.8 Å². The molecule has 3 N–H and O–H groups in total. The van der Waals surface area contributed by atoms with Crippen LogP contribution in [0.25, 0.3) is 0 Å². The average molecular weight is 245 g/mol. The standard InChI is InChI=1S/C10H19N3O4/c1-7(2)13(5-4-10(16)17)6-9(15)12-11-8(3)14/h7H,4-6H2,1-3H3,(H,11,14)(H,12,15)(H,16,17). The van der Waals surface area contributed by atoms with Gasteiger partial charge >= 0.3 is 5.97 Å². The third-order valence-electron chi connectivity index (χ3n) is 2.07. The van der Waals surface area contributed by atoms with Gasteiger partial charge in [0.2, 0.25) is 5.91 Å². The number of amides is 2. The summed E-state index contributed by atoms with van der Waals surface area (Å²) in [5.74, 6) is -1.64. The number of carboxylic acids is 1. The number of aliphatic carboxylic acids is 1. The molecule has 0 spiro atoms. The minimum atomic E-state index is -0.905. The second-order valence-electron chi connectivity index (χ2n) is 3.94. The van der Waals surface area contributed by atoms with Crippen molar-refractivity contribution >= 4 is 17.8 Å². The molecule has 7 nitrogen and oxygen atoms in total. The van der Waals surface area contributed by atoms with Crippen LogP contribution in [-0.2, 0) is 14.4 Å². The maximum Gasteiger partial charge on any atom is 0.304 e. The summed E-state index contributed by atoms with van der Waals surface area (Å²) in [7, 11) is 0. The Labute approximate surface area is 100 Å². The summed E-state index contributed by atoms with van der Waals surface area (Å²) in [5, 5.41) is 8.57. The van der Waals surface area contributed by atoms with E-state index in [1.54, 1.807) is 4.90 Å². The van der Waals surface area contributed by atoms with Crippen LogP contribution in [0.3, 0.4) is 0 Å². The third kappa shape index (κ3) is 8.21. The van der Waals surface area contributed by atoms with Gasteiger partial charge in [-0.05, 0) is 13.8 Å². The molecule has 7 heteroatoms. The minimum absolute atomic E-state index is 0.0222. The first-order valence-corrected chi connectivity index (χ1v) is 5.34. The summed E-state index contributed by atoms with van der Waals surface area (Å²) in [5.41, 5.74) is 4.40. The van der Waals surface area contributed by atoms with Gasteiger partial charge in [-0.25, -0.2) is 0 Å². The normalized spacial score (nSPS) is 10.4. The molecule has 0 aromatic rings. The fourth-order valence-corrected chi connectivity index (χ4v) is 1.14. The lowest BCUT2D eigenvalue weighted by Gasteiger charge is -2.24. The average Bonchev–Trinajstić information content (AvgIpc) is 2.20. The van der Waals surface area contributed by atoms with Crippen LogP contribution < -0.4 is 10.9 Å². The fraction of sp³-hybridized carbons (Fsp3) is 0.700. The largest absolute Gasteiger partial charge is 0.481 e. The molecule has 0 heterocycles. The highest BCUT2D eigenvalue weighted by Gasteiger charge is 2.15. The van der Waals surface area contributed by atoms with Gasteiger partial charge < -0.3 is 5.11 Å². The van der Waals surface area contributed by atoms with Gasteiger partial charge in [0, 0.05) is 19.5 Å². The molecule has 0 saturated carbocycles. The zero-order valence-electron chi connectivity index (χ0n) is 10.3. The first-order valence-electron chi connectivity index (χ1n) is 5.34. The molecule has 0 bridgehead atoms. The van der Waals surface area contributed by atoms with Crippen molar-refractivity contribution in [2.45, 2.75) is 33.2 Å². The summed E-state index contributed by atoms with van der Waals surface area (Å²) in [6, 6.07) is 0.0532. The molecule has 2 amide bonds. The second kappa shape index (κ2) is 7.61. The Hall–Kier alpha value is -1.63. The van der Waals surface area contributed by atoms with Gasteiger partial charge in [0.05, 0.1) is 13.0 Å². The summed E-state index contributed by atoms with van der Waals surface area (Å²) < 4.78 is 0. The molecular formula is C10H19N3O4. The van der Waals surface area contributed by atoms with Gasteiger partial charge in [-0.1, -0.05) is 0 Å². The number of hydrazine groups is 1. The van der Waals surface area contributed by atoms with Crippen LogP contribution in [0.1, 0.15) is 27.2 Å². The van der Waals surface area contributed by atoms with Crippen molar-refractivity contribution in [3.8, 4) is 0 Å². The van der Waals surface area contributed by atoms with Gasteiger partial charge in [0.25, 0.3) is 5.91 Å². The van der Waals surface area contributed by atoms with E-state index in [1.807, 2.05) is 13.8 Å². The Balaban J connectivity index is 4.10. The van der Waals surface area contributed by atoms with Crippen LogP contribution in [0.4, 0.5) is 0 Å². The molecule has 0 aliphatic heterocycles. The van der Waals surface area contributed by atoms with Crippen molar-refractivity contribution in [1.29, 1.82) is 0 Å². The van der Waals surface area contributed by atoms with E-state index in [0.29, 0.717) is 6.54 Å². The smallest absolute Gasteiger partial charge is 0.304 e. The molecule has 0 aromatic heterocycles. The van der Waals surface area contributed by atoms with E-state index in [2.05, 4.69) is 10.9 Å². The highest BCUT2D eigenvalue weighted by molar-refractivity contribution is 5.82. The first-order chi connectivity index (χ1) is 7.82. The van der Waals surface area contributed by atoms with E-state index in [9.17, 15) is 14.4 Å². The summed E-state index contributed by atoms with van der Waals surface area (Å²) in [6.07, 6.45) is -0.0222. The highest BCUT2D eigenvalue weighted by atomic mass is 16.4.